The summed E-state index contributed by atoms with van der Waals surface area (Å²) in [5, 5.41) is 9.34. The van der Waals surface area contributed by atoms with Gasteiger partial charge in [-0.1, -0.05) is 20.8 Å². The number of aryl methyl sites for hydroxylation is 1. The molecule has 0 bridgehead atoms. The predicted molar refractivity (Wildman–Crippen MR) is 126 cm³/mol. The molecule has 1 aliphatic heterocycles. The molecule has 6 nitrogen and oxygen atoms in total. The number of nitrogens with zero attached hydrogens (tertiary/aromatic N) is 3. The van der Waals surface area contributed by atoms with Gasteiger partial charge in [0.25, 0.3) is 0 Å². The summed E-state index contributed by atoms with van der Waals surface area (Å²) in [5.74, 6) is -1.18. The van der Waals surface area contributed by atoms with E-state index in [0.717, 1.165) is 28.3 Å². The second-order valence-electron chi connectivity index (χ2n) is 9.78. The minimum Gasteiger partial charge on any atom is -0.539 e. The number of piperidine rings is 1. The summed E-state index contributed by atoms with van der Waals surface area (Å²) in [7, 11) is 0. The van der Waals surface area contributed by atoms with Gasteiger partial charge in [0.1, 0.15) is 16.8 Å². The monoisotopic (exact) mass is 606 g/mol. The summed E-state index contributed by atoms with van der Waals surface area (Å²) in [6.07, 6.45) is 2.70. The maximum atomic E-state index is 15.0. The summed E-state index contributed by atoms with van der Waals surface area (Å²) < 4.78 is 51.3. The summed E-state index contributed by atoms with van der Waals surface area (Å²) in [6, 6.07) is 3.97. The number of benzene rings is 1. The van der Waals surface area contributed by atoms with Gasteiger partial charge in [0.2, 0.25) is 0 Å². The molecule has 0 saturated carbocycles. The molecular formula is C25H29F3MoN3O3S-. The molecule has 1 fully saturated rings. The number of carbonyl (C=O) groups excluding carboxylic acids is 1. The minimum atomic E-state index is -3.16. The Bertz CT molecular complexity index is 1120. The van der Waals surface area contributed by atoms with Crippen LogP contribution >= 0.6 is 11.3 Å². The van der Waals surface area contributed by atoms with Gasteiger partial charge in [-0.15, -0.1) is 11.3 Å². The fraction of sp³-hybridized carbons (Fsp3) is 0.560. The number of nitriles is 1. The first-order valence-electron chi connectivity index (χ1n) is 11.3. The van der Waals surface area contributed by atoms with Gasteiger partial charge < -0.3 is 14.3 Å². The SMILES string of the molecule is CCO[C@@]1([C-]=O)C[C@@H](C(C)(C)C)CN(Cc2sc(-c3c(OC(F)F)ccc(C#N)c3F)nc2C)C1.[Mo]. The van der Waals surface area contributed by atoms with Crippen molar-refractivity contribution >= 4 is 17.6 Å². The Hall–Kier alpha value is -1.79. The van der Waals surface area contributed by atoms with Crippen LogP contribution in [0.1, 0.15) is 50.3 Å². The van der Waals surface area contributed by atoms with Crippen LogP contribution in [0.15, 0.2) is 12.1 Å². The Morgan fingerprint density at radius 1 is 1.39 bits per heavy atom. The van der Waals surface area contributed by atoms with E-state index < -0.39 is 18.0 Å². The van der Waals surface area contributed by atoms with Crippen molar-refractivity contribution in [3.8, 4) is 22.4 Å². The third-order valence-corrected chi connectivity index (χ3v) is 7.44. The number of aromatic nitrogens is 1. The van der Waals surface area contributed by atoms with Gasteiger partial charge in [0.15, 0.2) is 5.82 Å². The van der Waals surface area contributed by atoms with Crippen molar-refractivity contribution in [1.82, 2.24) is 9.88 Å². The Morgan fingerprint density at radius 3 is 2.64 bits per heavy atom. The molecule has 3 rings (SSSR count). The molecule has 0 unspecified atom stereocenters. The van der Waals surface area contributed by atoms with Crippen molar-refractivity contribution < 1.29 is 48.5 Å². The Morgan fingerprint density at radius 2 is 2.08 bits per heavy atom. The van der Waals surface area contributed by atoms with Gasteiger partial charge in [-0.3, -0.25) is 4.90 Å². The van der Waals surface area contributed by atoms with E-state index in [0.29, 0.717) is 38.4 Å². The smallest absolute Gasteiger partial charge is 0.387 e. The average Bonchev–Trinajstić information content (AvgIpc) is 3.12. The van der Waals surface area contributed by atoms with Crippen molar-refractivity contribution in [1.29, 1.82) is 5.26 Å². The van der Waals surface area contributed by atoms with Crippen LogP contribution in [-0.2, 0) is 37.1 Å². The molecule has 2 heterocycles. The van der Waals surface area contributed by atoms with Crippen molar-refractivity contribution in [3.05, 3.63) is 34.1 Å². The Labute approximate surface area is 228 Å². The zero-order valence-corrected chi connectivity index (χ0v) is 23.7. The van der Waals surface area contributed by atoms with Crippen molar-refractivity contribution in [2.24, 2.45) is 11.3 Å². The minimum absolute atomic E-state index is 0. The third kappa shape index (κ3) is 6.74. The van der Waals surface area contributed by atoms with Gasteiger partial charge in [0.05, 0.1) is 16.8 Å². The van der Waals surface area contributed by atoms with Crippen molar-refractivity contribution in [2.75, 3.05) is 19.7 Å². The first-order valence-corrected chi connectivity index (χ1v) is 12.1. The van der Waals surface area contributed by atoms with Crippen LogP contribution in [0.2, 0.25) is 0 Å². The molecule has 1 aromatic carbocycles. The zero-order valence-electron chi connectivity index (χ0n) is 20.9. The van der Waals surface area contributed by atoms with Gasteiger partial charge >= 0.3 is 6.61 Å². The molecule has 2 aromatic rings. The van der Waals surface area contributed by atoms with E-state index in [1.807, 2.05) is 6.92 Å². The number of ether oxygens (including phenoxy) is 2. The Balaban J connectivity index is 0.00000456. The predicted octanol–water partition coefficient (Wildman–Crippen LogP) is 5.48. The van der Waals surface area contributed by atoms with Crippen LogP contribution in [0.5, 0.6) is 5.75 Å². The number of hydrogen-bond acceptors (Lipinski definition) is 7. The van der Waals surface area contributed by atoms with E-state index in [1.54, 1.807) is 13.0 Å². The fourth-order valence-corrected chi connectivity index (χ4v) is 5.52. The zero-order chi connectivity index (χ0) is 26.0. The van der Waals surface area contributed by atoms with Gasteiger partial charge in [-0.2, -0.15) is 14.0 Å². The van der Waals surface area contributed by atoms with E-state index in [2.05, 4.69) is 41.7 Å². The molecule has 1 aliphatic rings. The third-order valence-electron chi connectivity index (χ3n) is 6.28. The summed E-state index contributed by atoms with van der Waals surface area (Å²) in [5.41, 5.74) is -1.07. The van der Waals surface area contributed by atoms with Gasteiger partial charge in [-0.05, 0) is 49.3 Å². The quantitative estimate of drug-likeness (QED) is 0.294. The van der Waals surface area contributed by atoms with Crippen LogP contribution in [0.4, 0.5) is 13.2 Å². The maximum Gasteiger partial charge on any atom is 0.387 e. The standard InChI is InChI=1S/C25H29F3N3O3S.Mo/c1-6-33-25(14-32)9-17(24(3,4)5)11-31(13-25)12-19-15(2)30-22(35-19)20-18(34-23(27)28)8-7-16(10-29)21(20)26;/h7-8,17,23H,6,9,11-13H2,1-5H3;/q-1;/t17-,25+;/m1./s1. The molecule has 1 aromatic heterocycles. The topological polar surface area (TPSA) is 75.4 Å². The number of halogens is 3. The van der Waals surface area contributed by atoms with Crippen LogP contribution in [0, 0.1) is 35.4 Å². The molecule has 0 radical (unpaired) electrons. The van der Waals surface area contributed by atoms with Crippen LogP contribution in [0.3, 0.4) is 0 Å². The molecule has 11 heteroatoms. The summed E-state index contributed by atoms with van der Waals surface area (Å²) >= 11 is 1.14. The van der Waals surface area contributed by atoms with E-state index in [-0.39, 0.29) is 54.3 Å². The van der Waals surface area contributed by atoms with E-state index >= 15 is 4.39 Å². The number of alkyl halides is 2. The number of thiazole rings is 1. The van der Waals surface area contributed by atoms with E-state index in [4.69, 9.17) is 4.74 Å². The maximum absolute atomic E-state index is 15.0. The van der Waals surface area contributed by atoms with Crippen molar-refractivity contribution in [3.63, 3.8) is 0 Å². The first-order chi connectivity index (χ1) is 16.4. The van der Waals surface area contributed by atoms with Gasteiger partial charge in [0, 0.05) is 52.2 Å². The number of hydrogen-bond donors (Lipinski definition) is 0. The first kappa shape index (κ1) is 30.4. The average molecular weight is 605 g/mol. The Kier molecular flexibility index (Phi) is 10.3. The number of likely N-dealkylation sites (tertiary alicyclic amines) is 1. The molecule has 196 valence electrons. The molecular weight excluding hydrogens is 575 g/mol. The molecule has 1 saturated heterocycles. The fourth-order valence-electron chi connectivity index (χ4n) is 4.37. The largest absolute Gasteiger partial charge is 0.539 e. The second-order valence-corrected chi connectivity index (χ2v) is 10.9. The molecule has 0 N–H and O–H groups in total. The van der Waals surface area contributed by atoms with Crippen LogP contribution in [0.25, 0.3) is 10.6 Å². The van der Waals surface area contributed by atoms with E-state index in [9.17, 15) is 18.8 Å². The van der Waals surface area contributed by atoms with Crippen LogP contribution < -0.4 is 4.74 Å². The molecule has 0 amide bonds. The van der Waals surface area contributed by atoms with Crippen molar-refractivity contribution in [2.45, 2.75) is 59.8 Å². The van der Waals surface area contributed by atoms with Gasteiger partial charge in [-0.25, -0.2) is 15.7 Å². The summed E-state index contributed by atoms with van der Waals surface area (Å²) in [4.78, 5) is 19.3. The van der Waals surface area contributed by atoms with E-state index in [1.165, 1.54) is 0 Å². The second kappa shape index (κ2) is 12.2. The molecule has 36 heavy (non-hydrogen) atoms. The molecule has 0 aliphatic carbocycles. The normalized spacial score (nSPS) is 20.6. The molecule has 2 atom stereocenters. The summed E-state index contributed by atoms with van der Waals surface area (Å²) in [6.45, 7) is 8.65. The van der Waals surface area contributed by atoms with Crippen LogP contribution in [-0.4, -0.2) is 48.1 Å². The molecule has 0 spiro atoms. The number of rotatable bonds is 8.